The van der Waals surface area contributed by atoms with Crippen molar-refractivity contribution in [1.29, 1.82) is 0 Å². The van der Waals surface area contributed by atoms with Gasteiger partial charge in [-0.2, -0.15) is 0 Å². The Hall–Kier alpha value is -0.650. The molecule has 0 bridgehead atoms. The predicted octanol–water partition coefficient (Wildman–Crippen LogP) is -0.495. The largest absolute Gasteiger partial charge is 0.379 e. The molecule has 0 radical (unpaired) electrons. The summed E-state index contributed by atoms with van der Waals surface area (Å²) in [6.45, 7) is 4.80. The minimum Gasteiger partial charge on any atom is -0.379 e. The van der Waals surface area contributed by atoms with Crippen molar-refractivity contribution in [3.05, 3.63) is 0 Å². The highest BCUT2D eigenvalue weighted by Crippen LogP contribution is 1.81. The predicted molar refractivity (Wildman–Crippen MR) is 54.0 cm³/mol. The molecule has 0 spiro atoms. The molecule has 0 aliphatic carbocycles. The van der Waals surface area contributed by atoms with Gasteiger partial charge in [0.2, 0.25) is 5.91 Å². The quantitative estimate of drug-likeness (QED) is 0.497. The van der Waals surface area contributed by atoms with E-state index >= 15 is 0 Å². The maximum Gasteiger partial charge on any atom is 0.246 e. The van der Waals surface area contributed by atoms with Crippen molar-refractivity contribution in [3.63, 3.8) is 0 Å². The standard InChI is InChI=1S/C9H20N2O3/c1-2-5-13-6-7-14-8-9(12)11-4-3-10/h2-8,10H2,1H3,(H,11,12). The van der Waals surface area contributed by atoms with Gasteiger partial charge >= 0.3 is 0 Å². The molecule has 0 aliphatic heterocycles. The summed E-state index contributed by atoms with van der Waals surface area (Å²) < 4.78 is 10.2. The zero-order valence-electron chi connectivity index (χ0n) is 8.75. The van der Waals surface area contributed by atoms with Crippen molar-refractivity contribution in [3.8, 4) is 0 Å². The zero-order valence-corrected chi connectivity index (χ0v) is 8.75. The van der Waals surface area contributed by atoms with Crippen LogP contribution in [0.25, 0.3) is 0 Å². The van der Waals surface area contributed by atoms with Gasteiger partial charge in [0.25, 0.3) is 0 Å². The summed E-state index contributed by atoms with van der Waals surface area (Å²) in [7, 11) is 0. The molecule has 3 N–H and O–H groups in total. The molecule has 0 fully saturated rings. The fourth-order valence-electron chi connectivity index (χ4n) is 0.792. The minimum atomic E-state index is -0.133. The first kappa shape index (κ1) is 13.4. The lowest BCUT2D eigenvalue weighted by molar-refractivity contribution is -0.126. The van der Waals surface area contributed by atoms with E-state index in [1.165, 1.54) is 0 Å². The van der Waals surface area contributed by atoms with Crippen LogP contribution in [0.4, 0.5) is 0 Å². The Morgan fingerprint density at radius 1 is 1.29 bits per heavy atom. The number of carbonyl (C=O) groups is 1. The summed E-state index contributed by atoms with van der Waals surface area (Å²) in [6, 6.07) is 0. The molecule has 0 aromatic heterocycles. The first-order valence-corrected chi connectivity index (χ1v) is 4.93. The molecular weight excluding hydrogens is 184 g/mol. The Bertz CT molecular complexity index is 142. The fraction of sp³-hybridized carbons (Fsp3) is 0.889. The lowest BCUT2D eigenvalue weighted by Gasteiger charge is -2.05. The van der Waals surface area contributed by atoms with E-state index in [1.54, 1.807) is 0 Å². The van der Waals surface area contributed by atoms with Crippen LogP contribution in [-0.4, -0.2) is 45.4 Å². The summed E-state index contributed by atoms with van der Waals surface area (Å²) in [5.74, 6) is -0.133. The van der Waals surface area contributed by atoms with E-state index in [4.69, 9.17) is 15.2 Å². The van der Waals surface area contributed by atoms with Crippen LogP contribution in [0, 0.1) is 0 Å². The number of amides is 1. The van der Waals surface area contributed by atoms with Crippen LogP contribution in [0.1, 0.15) is 13.3 Å². The number of carbonyl (C=O) groups excluding carboxylic acids is 1. The van der Waals surface area contributed by atoms with E-state index in [2.05, 4.69) is 5.32 Å². The first-order valence-electron chi connectivity index (χ1n) is 4.93. The van der Waals surface area contributed by atoms with Gasteiger partial charge in [-0.25, -0.2) is 0 Å². The molecule has 0 rings (SSSR count). The second kappa shape index (κ2) is 10.4. The number of ether oxygens (including phenoxy) is 2. The van der Waals surface area contributed by atoms with E-state index in [-0.39, 0.29) is 12.5 Å². The highest BCUT2D eigenvalue weighted by Gasteiger charge is 1.98. The van der Waals surface area contributed by atoms with Gasteiger partial charge in [0.15, 0.2) is 0 Å². The molecule has 0 atom stereocenters. The van der Waals surface area contributed by atoms with Gasteiger partial charge in [-0.3, -0.25) is 4.79 Å². The molecule has 0 heterocycles. The zero-order chi connectivity index (χ0) is 10.6. The van der Waals surface area contributed by atoms with Crippen molar-refractivity contribution in [2.45, 2.75) is 13.3 Å². The normalized spacial score (nSPS) is 10.1. The SMILES string of the molecule is CCCOCCOCC(=O)NCCN. The van der Waals surface area contributed by atoms with Crippen LogP contribution in [0.15, 0.2) is 0 Å². The summed E-state index contributed by atoms with van der Waals surface area (Å²) >= 11 is 0. The molecule has 14 heavy (non-hydrogen) atoms. The molecule has 5 nitrogen and oxygen atoms in total. The van der Waals surface area contributed by atoms with Gasteiger partial charge in [-0.05, 0) is 6.42 Å². The Morgan fingerprint density at radius 2 is 2.00 bits per heavy atom. The molecule has 1 amide bonds. The first-order chi connectivity index (χ1) is 6.81. The maximum atomic E-state index is 11.0. The number of hydrogen-bond acceptors (Lipinski definition) is 4. The Labute approximate surface area is 84.9 Å². The number of nitrogens with one attached hydrogen (secondary N) is 1. The summed E-state index contributed by atoms with van der Waals surface area (Å²) in [4.78, 5) is 11.0. The maximum absolute atomic E-state index is 11.0. The monoisotopic (exact) mass is 204 g/mol. The van der Waals surface area contributed by atoms with Crippen LogP contribution in [0.2, 0.25) is 0 Å². The highest BCUT2D eigenvalue weighted by molar-refractivity contribution is 5.77. The van der Waals surface area contributed by atoms with E-state index in [0.717, 1.165) is 13.0 Å². The van der Waals surface area contributed by atoms with Crippen molar-refractivity contribution in [2.75, 3.05) is 39.5 Å². The topological polar surface area (TPSA) is 73.6 Å². The molecule has 0 saturated carbocycles. The van der Waals surface area contributed by atoms with Gasteiger partial charge in [0, 0.05) is 19.7 Å². The molecule has 84 valence electrons. The lowest BCUT2D eigenvalue weighted by Crippen LogP contribution is -2.32. The van der Waals surface area contributed by atoms with Gasteiger partial charge < -0.3 is 20.5 Å². The summed E-state index contributed by atoms with van der Waals surface area (Å²) in [5, 5.41) is 2.60. The smallest absolute Gasteiger partial charge is 0.246 e. The van der Waals surface area contributed by atoms with Crippen LogP contribution < -0.4 is 11.1 Å². The highest BCUT2D eigenvalue weighted by atomic mass is 16.5. The number of rotatable bonds is 9. The van der Waals surface area contributed by atoms with Crippen LogP contribution in [-0.2, 0) is 14.3 Å². The van der Waals surface area contributed by atoms with E-state index in [9.17, 15) is 4.79 Å². The van der Waals surface area contributed by atoms with Crippen molar-refractivity contribution < 1.29 is 14.3 Å². The molecule has 0 saturated heterocycles. The van der Waals surface area contributed by atoms with E-state index in [0.29, 0.717) is 26.3 Å². The van der Waals surface area contributed by atoms with Gasteiger partial charge in [0.1, 0.15) is 6.61 Å². The molecule has 0 unspecified atom stereocenters. The average molecular weight is 204 g/mol. The summed E-state index contributed by atoms with van der Waals surface area (Å²) in [5.41, 5.74) is 5.21. The van der Waals surface area contributed by atoms with Crippen molar-refractivity contribution in [2.24, 2.45) is 5.73 Å². The number of hydrogen-bond donors (Lipinski definition) is 2. The molecule has 0 aromatic carbocycles. The van der Waals surface area contributed by atoms with Gasteiger partial charge in [-0.1, -0.05) is 6.92 Å². The number of nitrogens with two attached hydrogens (primary N) is 1. The second-order valence-corrected chi connectivity index (χ2v) is 2.80. The van der Waals surface area contributed by atoms with Gasteiger partial charge in [-0.15, -0.1) is 0 Å². The van der Waals surface area contributed by atoms with Crippen LogP contribution in [0.3, 0.4) is 0 Å². The minimum absolute atomic E-state index is 0.0789. The van der Waals surface area contributed by atoms with E-state index < -0.39 is 0 Å². The molecular formula is C9H20N2O3. The van der Waals surface area contributed by atoms with Gasteiger partial charge in [0.05, 0.1) is 13.2 Å². The third-order valence-corrected chi connectivity index (χ3v) is 1.42. The molecule has 5 heteroatoms. The fourth-order valence-corrected chi connectivity index (χ4v) is 0.792. The third-order valence-electron chi connectivity index (χ3n) is 1.42. The van der Waals surface area contributed by atoms with Crippen molar-refractivity contribution in [1.82, 2.24) is 5.32 Å². The second-order valence-electron chi connectivity index (χ2n) is 2.80. The average Bonchev–Trinajstić information content (AvgIpc) is 2.20. The molecule has 0 aliphatic rings. The summed E-state index contributed by atoms with van der Waals surface area (Å²) in [6.07, 6.45) is 0.997. The third kappa shape index (κ3) is 9.44. The Kier molecular flexibility index (Phi) is 9.95. The van der Waals surface area contributed by atoms with Crippen LogP contribution >= 0.6 is 0 Å². The molecule has 0 aromatic rings. The van der Waals surface area contributed by atoms with Crippen molar-refractivity contribution >= 4 is 5.91 Å². The Balaban J connectivity index is 3.07. The van der Waals surface area contributed by atoms with E-state index in [1.807, 2.05) is 6.92 Å². The van der Waals surface area contributed by atoms with Crippen LogP contribution in [0.5, 0.6) is 0 Å². The Morgan fingerprint density at radius 3 is 2.64 bits per heavy atom. The lowest BCUT2D eigenvalue weighted by atomic mass is 10.5.